The Labute approximate surface area is 127 Å². The number of amides is 1. The van der Waals surface area contributed by atoms with Gasteiger partial charge < -0.3 is 9.73 Å². The van der Waals surface area contributed by atoms with Crippen LogP contribution in [0.5, 0.6) is 0 Å². The summed E-state index contributed by atoms with van der Waals surface area (Å²) in [5, 5.41) is 11.3. The van der Waals surface area contributed by atoms with Crippen molar-refractivity contribution in [3.8, 4) is 0 Å². The second kappa shape index (κ2) is 5.89. The maximum absolute atomic E-state index is 11.9. The molecule has 0 aliphatic heterocycles. The Bertz CT molecular complexity index is 665. The normalized spacial score (nSPS) is 14.2. The second-order valence-electron chi connectivity index (χ2n) is 5.32. The Balaban J connectivity index is 1.52. The van der Waals surface area contributed by atoms with Crippen molar-refractivity contribution in [1.29, 1.82) is 0 Å². The number of anilines is 1. The minimum atomic E-state index is -0.0746. The standard InChI is InChI=1S/C15H17N3O2S/c1-9-3-6-12(7-10(9)2)16-13(19)8-21-15-18-17-14(20-15)11-4-5-11/h3,6-7,11H,4-5,8H2,1-2H3,(H,16,19). The lowest BCUT2D eigenvalue weighted by molar-refractivity contribution is -0.113. The number of hydrogen-bond acceptors (Lipinski definition) is 5. The molecule has 0 radical (unpaired) electrons. The minimum Gasteiger partial charge on any atom is -0.416 e. The van der Waals surface area contributed by atoms with E-state index >= 15 is 0 Å². The lowest BCUT2D eigenvalue weighted by Gasteiger charge is -2.06. The van der Waals surface area contributed by atoms with Gasteiger partial charge in [0.15, 0.2) is 0 Å². The number of thioether (sulfide) groups is 1. The predicted molar refractivity (Wildman–Crippen MR) is 81.5 cm³/mol. The third-order valence-corrected chi connectivity index (χ3v) is 4.28. The zero-order chi connectivity index (χ0) is 14.8. The van der Waals surface area contributed by atoms with Crippen LogP contribution in [-0.4, -0.2) is 21.9 Å². The van der Waals surface area contributed by atoms with Crippen molar-refractivity contribution in [3.05, 3.63) is 35.2 Å². The van der Waals surface area contributed by atoms with Gasteiger partial charge in [-0.2, -0.15) is 0 Å². The van der Waals surface area contributed by atoms with E-state index in [0.717, 1.165) is 24.1 Å². The van der Waals surface area contributed by atoms with Gasteiger partial charge in [0, 0.05) is 11.6 Å². The molecule has 0 saturated heterocycles. The first-order valence-corrected chi connectivity index (χ1v) is 7.93. The summed E-state index contributed by atoms with van der Waals surface area (Å²) >= 11 is 1.27. The zero-order valence-corrected chi connectivity index (χ0v) is 12.9. The van der Waals surface area contributed by atoms with Crippen molar-refractivity contribution in [2.45, 2.75) is 37.8 Å². The van der Waals surface area contributed by atoms with Crippen LogP contribution in [0.3, 0.4) is 0 Å². The summed E-state index contributed by atoms with van der Waals surface area (Å²) in [7, 11) is 0. The van der Waals surface area contributed by atoms with Crippen LogP contribution < -0.4 is 5.32 Å². The van der Waals surface area contributed by atoms with Crippen molar-refractivity contribution < 1.29 is 9.21 Å². The fourth-order valence-corrected chi connectivity index (χ4v) is 2.49. The first-order chi connectivity index (χ1) is 10.1. The summed E-state index contributed by atoms with van der Waals surface area (Å²) in [6, 6.07) is 5.87. The van der Waals surface area contributed by atoms with E-state index in [1.165, 1.54) is 17.3 Å². The summed E-state index contributed by atoms with van der Waals surface area (Å²) in [6.45, 7) is 4.07. The number of aromatic nitrogens is 2. The van der Waals surface area contributed by atoms with Gasteiger partial charge in [0.05, 0.1) is 5.75 Å². The highest BCUT2D eigenvalue weighted by atomic mass is 32.2. The van der Waals surface area contributed by atoms with E-state index in [2.05, 4.69) is 15.5 Å². The van der Waals surface area contributed by atoms with Gasteiger partial charge >= 0.3 is 0 Å². The maximum atomic E-state index is 11.9. The SMILES string of the molecule is Cc1ccc(NC(=O)CSc2nnc(C3CC3)o2)cc1C. The molecule has 3 rings (SSSR count). The van der Waals surface area contributed by atoms with E-state index in [1.807, 2.05) is 32.0 Å². The van der Waals surface area contributed by atoms with Gasteiger partial charge in [-0.05, 0) is 49.9 Å². The smallest absolute Gasteiger partial charge is 0.277 e. The maximum Gasteiger partial charge on any atom is 0.277 e. The van der Waals surface area contributed by atoms with Crippen LogP contribution in [0.4, 0.5) is 5.69 Å². The number of nitrogens with one attached hydrogen (secondary N) is 1. The Kier molecular flexibility index (Phi) is 3.96. The molecule has 1 amide bonds. The highest BCUT2D eigenvalue weighted by molar-refractivity contribution is 7.99. The van der Waals surface area contributed by atoms with Crippen LogP contribution >= 0.6 is 11.8 Å². The molecular weight excluding hydrogens is 286 g/mol. The molecule has 0 atom stereocenters. The van der Waals surface area contributed by atoms with Gasteiger partial charge in [-0.3, -0.25) is 4.79 Å². The molecule has 1 saturated carbocycles. The van der Waals surface area contributed by atoms with Gasteiger partial charge in [0.25, 0.3) is 5.22 Å². The van der Waals surface area contributed by atoms with E-state index in [9.17, 15) is 4.79 Å². The summed E-state index contributed by atoms with van der Waals surface area (Å²) in [4.78, 5) is 11.9. The largest absolute Gasteiger partial charge is 0.416 e. The fraction of sp³-hybridized carbons (Fsp3) is 0.400. The number of hydrogen-bond donors (Lipinski definition) is 1. The van der Waals surface area contributed by atoms with E-state index in [0.29, 0.717) is 17.0 Å². The third-order valence-electron chi connectivity index (χ3n) is 3.47. The molecule has 6 heteroatoms. The first kappa shape index (κ1) is 14.1. The van der Waals surface area contributed by atoms with Gasteiger partial charge in [0.2, 0.25) is 11.8 Å². The lowest BCUT2D eigenvalue weighted by atomic mass is 10.1. The molecule has 5 nitrogen and oxygen atoms in total. The van der Waals surface area contributed by atoms with Crippen LogP contribution in [0, 0.1) is 13.8 Å². The van der Waals surface area contributed by atoms with Gasteiger partial charge in [-0.15, -0.1) is 10.2 Å². The molecular formula is C15H17N3O2S. The average molecular weight is 303 g/mol. The van der Waals surface area contributed by atoms with Gasteiger partial charge in [-0.1, -0.05) is 17.8 Å². The average Bonchev–Trinajstić information content (AvgIpc) is 3.20. The Hall–Kier alpha value is -1.82. The molecule has 1 aliphatic carbocycles. The van der Waals surface area contributed by atoms with Crippen LogP contribution in [0.15, 0.2) is 27.8 Å². The van der Waals surface area contributed by atoms with E-state index < -0.39 is 0 Å². The number of aryl methyl sites for hydroxylation is 2. The van der Waals surface area contributed by atoms with Crippen molar-refractivity contribution in [1.82, 2.24) is 10.2 Å². The highest BCUT2D eigenvalue weighted by Crippen LogP contribution is 2.39. The second-order valence-corrected chi connectivity index (χ2v) is 6.24. The topological polar surface area (TPSA) is 68.0 Å². The molecule has 0 bridgehead atoms. The summed E-state index contributed by atoms with van der Waals surface area (Å²) < 4.78 is 5.50. The number of rotatable bonds is 5. The van der Waals surface area contributed by atoms with Crippen molar-refractivity contribution in [2.75, 3.05) is 11.1 Å². The number of carbonyl (C=O) groups is 1. The molecule has 1 aliphatic rings. The molecule has 0 spiro atoms. The van der Waals surface area contributed by atoms with E-state index in [1.54, 1.807) is 0 Å². The molecule has 1 fully saturated rings. The van der Waals surface area contributed by atoms with Gasteiger partial charge in [0.1, 0.15) is 0 Å². The van der Waals surface area contributed by atoms with Crippen LogP contribution in [0.2, 0.25) is 0 Å². The Morgan fingerprint density at radius 2 is 2.14 bits per heavy atom. The predicted octanol–water partition coefficient (Wildman–Crippen LogP) is 3.29. The van der Waals surface area contributed by atoms with Crippen LogP contribution in [0.25, 0.3) is 0 Å². The molecule has 21 heavy (non-hydrogen) atoms. The van der Waals surface area contributed by atoms with Crippen molar-refractivity contribution >= 4 is 23.4 Å². The number of carbonyl (C=O) groups excluding carboxylic acids is 1. The molecule has 2 aromatic rings. The summed E-state index contributed by atoms with van der Waals surface area (Å²) in [5.74, 6) is 1.33. The fourth-order valence-electron chi connectivity index (χ4n) is 1.92. The molecule has 1 N–H and O–H groups in total. The number of nitrogens with zero attached hydrogens (tertiary/aromatic N) is 2. The van der Waals surface area contributed by atoms with Gasteiger partial charge in [-0.25, -0.2) is 0 Å². The van der Waals surface area contributed by atoms with Crippen LogP contribution in [-0.2, 0) is 4.79 Å². The Morgan fingerprint density at radius 1 is 1.33 bits per heavy atom. The molecule has 0 unspecified atom stereocenters. The van der Waals surface area contributed by atoms with E-state index in [-0.39, 0.29) is 11.7 Å². The zero-order valence-electron chi connectivity index (χ0n) is 12.0. The summed E-state index contributed by atoms with van der Waals surface area (Å²) in [5.41, 5.74) is 3.18. The molecule has 110 valence electrons. The third kappa shape index (κ3) is 3.64. The first-order valence-electron chi connectivity index (χ1n) is 6.95. The van der Waals surface area contributed by atoms with Crippen LogP contribution in [0.1, 0.15) is 35.8 Å². The molecule has 1 aromatic carbocycles. The monoisotopic (exact) mass is 303 g/mol. The molecule has 1 heterocycles. The quantitative estimate of drug-likeness (QED) is 0.858. The minimum absolute atomic E-state index is 0.0746. The lowest BCUT2D eigenvalue weighted by Crippen LogP contribution is -2.14. The highest BCUT2D eigenvalue weighted by Gasteiger charge is 2.29. The van der Waals surface area contributed by atoms with E-state index in [4.69, 9.17) is 4.42 Å². The van der Waals surface area contributed by atoms with Crippen molar-refractivity contribution in [2.24, 2.45) is 0 Å². The van der Waals surface area contributed by atoms with Crippen molar-refractivity contribution in [3.63, 3.8) is 0 Å². The molecule has 1 aromatic heterocycles. The Morgan fingerprint density at radius 3 is 2.86 bits per heavy atom. The summed E-state index contributed by atoms with van der Waals surface area (Å²) in [6.07, 6.45) is 2.25. The number of benzene rings is 1.